The van der Waals surface area contributed by atoms with Crippen molar-refractivity contribution in [2.45, 2.75) is 12.5 Å². The highest BCUT2D eigenvalue weighted by atomic mass is 16.5. The summed E-state index contributed by atoms with van der Waals surface area (Å²) in [6.07, 6.45) is 1.17. The number of nitrogens with zero attached hydrogens (tertiary/aromatic N) is 2. The summed E-state index contributed by atoms with van der Waals surface area (Å²) in [6, 6.07) is 3.07. The monoisotopic (exact) mass is 195 g/mol. The highest BCUT2D eigenvalue weighted by Gasteiger charge is 2.16. The van der Waals surface area contributed by atoms with Crippen LogP contribution in [-0.2, 0) is 7.05 Å². The van der Waals surface area contributed by atoms with Crippen LogP contribution in [0.4, 0.5) is 0 Å². The van der Waals surface area contributed by atoms with Gasteiger partial charge in [0.05, 0.1) is 0 Å². The molecule has 76 valence electrons. The SMILES string of the molecule is Cn1nc(OC2CCNC2)ccc1=O. The molecule has 1 aromatic heterocycles. The Morgan fingerprint density at radius 1 is 1.64 bits per heavy atom. The van der Waals surface area contributed by atoms with Crippen molar-refractivity contribution in [1.29, 1.82) is 0 Å². The third kappa shape index (κ3) is 1.93. The molecule has 1 saturated heterocycles. The molecule has 5 heteroatoms. The van der Waals surface area contributed by atoms with Crippen molar-refractivity contribution >= 4 is 0 Å². The Morgan fingerprint density at radius 3 is 3.14 bits per heavy atom. The van der Waals surface area contributed by atoms with E-state index in [0.29, 0.717) is 5.88 Å². The molecule has 1 N–H and O–H groups in total. The van der Waals surface area contributed by atoms with Gasteiger partial charge in [0.25, 0.3) is 5.56 Å². The van der Waals surface area contributed by atoms with E-state index in [1.54, 1.807) is 13.1 Å². The second kappa shape index (κ2) is 3.79. The highest BCUT2D eigenvalue weighted by Crippen LogP contribution is 2.09. The summed E-state index contributed by atoms with van der Waals surface area (Å²) < 4.78 is 6.85. The van der Waals surface area contributed by atoms with Crippen LogP contribution in [0.15, 0.2) is 16.9 Å². The first-order valence-corrected chi connectivity index (χ1v) is 4.67. The van der Waals surface area contributed by atoms with Gasteiger partial charge in [0, 0.05) is 25.7 Å². The molecule has 0 radical (unpaired) electrons. The van der Waals surface area contributed by atoms with Gasteiger partial charge < -0.3 is 10.1 Å². The molecule has 1 aliphatic heterocycles. The zero-order valence-corrected chi connectivity index (χ0v) is 8.06. The molecular weight excluding hydrogens is 182 g/mol. The Hall–Kier alpha value is -1.36. The second-order valence-electron chi connectivity index (χ2n) is 3.37. The van der Waals surface area contributed by atoms with Gasteiger partial charge in [-0.1, -0.05) is 0 Å². The highest BCUT2D eigenvalue weighted by molar-refractivity contribution is 5.07. The maximum absolute atomic E-state index is 11.0. The quantitative estimate of drug-likeness (QED) is 0.692. The third-order valence-corrected chi connectivity index (χ3v) is 2.24. The zero-order valence-electron chi connectivity index (χ0n) is 8.06. The molecule has 0 aliphatic carbocycles. The predicted molar refractivity (Wildman–Crippen MR) is 51.4 cm³/mol. The minimum atomic E-state index is -0.123. The molecule has 0 bridgehead atoms. The molecule has 1 aliphatic rings. The minimum Gasteiger partial charge on any atom is -0.472 e. The van der Waals surface area contributed by atoms with Crippen molar-refractivity contribution in [3.05, 3.63) is 22.5 Å². The van der Waals surface area contributed by atoms with Crippen LogP contribution in [0.1, 0.15) is 6.42 Å². The number of aryl methyl sites for hydroxylation is 1. The van der Waals surface area contributed by atoms with E-state index in [-0.39, 0.29) is 11.7 Å². The zero-order chi connectivity index (χ0) is 9.97. The third-order valence-electron chi connectivity index (χ3n) is 2.24. The summed E-state index contributed by atoms with van der Waals surface area (Å²) in [6.45, 7) is 1.83. The molecule has 0 spiro atoms. The van der Waals surface area contributed by atoms with Crippen molar-refractivity contribution in [2.24, 2.45) is 7.05 Å². The van der Waals surface area contributed by atoms with Gasteiger partial charge >= 0.3 is 0 Å². The Kier molecular flexibility index (Phi) is 2.49. The molecule has 1 unspecified atom stereocenters. The summed E-state index contributed by atoms with van der Waals surface area (Å²) in [7, 11) is 1.61. The summed E-state index contributed by atoms with van der Waals surface area (Å²) in [4.78, 5) is 11.0. The number of nitrogens with one attached hydrogen (secondary N) is 1. The summed E-state index contributed by atoms with van der Waals surface area (Å²) in [5, 5.41) is 7.19. The fourth-order valence-corrected chi connectivity index (χ4v) is 1.44. The molecule has 0 amide bonds. The number of hydrogen-bond donors (Lipinski definition) is 1. The molecular formula is C9H13N3O2. The smallest absolute Gasteiger partial charge is 0.266 e. The van der Waals surface area contributed by atoms with Gasteiger partial charge in [-0.25, -0.2) is 4.68 Å². The lowest BCUT2D eigenvalue weighted by molar-refractivity contribution is 0.208. The Morgan fingerprint density at radius 2 is 2.50 bits per heavy atom. The van der Waals surface area contributed by atoms with Gasteiger partial charge in [-0.2, -0.15) is 0 Å². The molecule has 2 heterocycles. The molecule has 1 atom stereocenters. The fourth-order valence-electron chi connectivity index (χ4n) is 1.44. The predicted octanol–water partition coefficient (Wildman–Crippen LogP) is -0.479. The van der Waals surface area contributed by atoms with Crippen LogP contribution in [0.2, 0.25) is 0 Å². The average Bonchev–Trinajstić information content (AvgIpc) is 2.64. The van der Waals surface area contributed by atoms with E-state index in [4.69, 9.17) is 4.74 Å². The number of aromatic nitrogens is 2. The molecule has 2 rings (SSSR count). The van der Waals surface area contributed by atoms with Crippen molar-refractivity contribution in [1.82, 2.24) is 15.1 Å². The molecule has 14 heavy (non-hydrogen) atoms. The first-order chi connectivity index (χ1) is 6.75. The van der Waals surface area contributed by atoms with Gasteiger partial charge in [0.2, 0.25) is 5.88 Å². The molecule has 1 fully saturated rings. The van der Waals surface area contributed by atoms with Gasteiger partial charge in [-0.15, -0.1) is 5.10 Å². The van der Waals surface area contributed by atoms with Crippen molar-refractivity contribution in [2.75, 3.05) is 13.1 Å². The van der Waals surface area contributed by atoms with E-state index >= 15 is 0 Å². The largest absolute Gasteiger partial charge is 0.472 e. The van der Waals surface area contributed by atoms with Crippen molar-refractivity contribution < 1.29 is 4.74 Å². The summed E-state index contributed by atoms with van der Waals surface area (Å²) >= 11 is 0. The van der Waals surface area contributed by atoms with Crippen LogP contribution in [0.25, 0.3) is 0 Å². The van der Waals surface area contributed by atoms with Crippen LogP contribution in [0.3, 0.4) is 0 Å². The standard InChI is InChI=1S/C9H13N3O2/c1-12-9(13)3-2-8(11-12)14-7-4-5-10-6-7/h2-3,7,10H,4-6H2,1H3. The van der Waals surface area contributed by atoms with Crippen LogP contribution < -0.4 is 15.6 Å². The maximum atomic E-state index is 11.0. The Bertz CT molecular complexity index is 369. The fraction of sp³-hybridized carbons (Fsp3) is 0.556. The van der Waals surface area contributed by atoms with Gasteiger partial charge in [-0.05, 0) is 13.0 Å². The second-order valence-corrected chi connectivity index (χ2v) is 3.37. The van der Waals surface area contributed by atoms with Gasteiger partial charge in [-0.3, -0.25) is 4.79 Å². The molecule has 5 nitrogen and oxygen atoms in total. The van der Waals surface area contributed by atoms with E-state index < -0.39 is 0 Å². The van der Waals surface area contributed by atoms with Crippen LogP contribution in [-0.4, -0.2) is 29.0 Å². The normalized spacial score (nSPS) is 21.1. The van der Waals surface area contributed by atoms with Gasteiger partial charge in [0.15, 0.2) is 0 Å². The van der Waals surface area contributed by atoms with E-state index in [1.807, 2.05) is 0 Å². The first-order valence-electron chi connectivity index (χ1n) is 4.67. The van der Waals surface area contributed by atoms with Crippen molar-refractivity contribution in [3.63, 3.8) is 0 Å². The van der Waals surface area contributed by atoms with Crippen LogP contribution in [0, 0.1) is 0 Å². The van der Waals surface area contributed by atoms with Crippen LogP contribution >= 0.6 is 0 Å². The van der Waals surface area contributed by atoms with Crippen LogP contribution in [0.5, 0.6) is 5.88 Å². The lowest BCUT2D eigenvalue weighted by Crippen LogP contribution is -2.23. The van der Waals surface area contributed by atoms with E-state index in [0.717, 1.165) is 19.5 Å². The lowest BCUT2D eigenvalue weighted by Gasteiger charge is -2.11. The molecule has 1 aromatic rings. The Balaban J connectivity index is 2.09. The number of rotatable bonds is 2. The van der Waals surface area contributed by atoms with E-state index in [1.165, 1.54) is 10.7 Å². The van der Waals surface area contributed by atoms with E-state index in [9.17, 15) is 4.79 Å². The Labute approximate surface area is 81.7 Å². The van der Waals surface area contributed by atoms with Gasteiger partial charge in [0.1, 0.15) is 6.10 Å². The maximum Gasteiger partial charge on any atom is 0.266 e. The van der Waals surface area contributed by atoms with Crippen molar-refractivity contribution in [3.8, 4) is 5.88 Å². The summed E-state index contributed by atoms with van der Waals surface area (Å²) in [5.74, 6) is 0.515. The minimum absolute atomic E-state index is 0.123. The summed E-state index contributed by atoms with van der Waals surface area (Å²) in [5.41, 5.74) is -0.123. The number of ether oxygens (including phenoxy) is 1. The number of hydrogen-bond acceptors (Lipinski definition) is 4. The topological polar surface area (TPSA) is 56.1 Å². The van der Waals surface area contributed by atoms with E-state index in [2.05, 4.69) is 10.4 Å². The molecule has 0 aromatic carbocycles. The first kappa shape index (κ1) is 9.21. The lowest BCUT2D eigenvalue weighted by atomic mass is 10.3. The average molecular weight is 195 g/mol. The molecule has 0 saturated carbocycles.